The third-order valence-corrected chi connectivity index (χ3v) is 3.65. The number of hydrogen-bond donors (Lipinski definition) is 2. The third kappa shape index (κ3) is 2.86. The van der Waals surface area contributed by atoms with Crippen LogP contribution < -0.4 is 11.1 Å². The summed E-state index contributed by atoms with van der Waals surface area (Å²) in [7, 11) is 0. The Bertz CT molecular complexity index is 597. The van der Waals surface area contributed by atoms with E-state index in [-0.39, 0.29) is 23.2 Å². The molecule has 6 nitrogen and oxygen atoms in total. The molecule has 1 aliphatic heterocycles. The summed E-state index contributed by atoms with van der Waals surface area (Å²) in [6.07, 6.45) is 0. The molecule has 0 saturated carbocycles. The van der Waals surface area contributed by atoms with E-state index in [2.05, 4.69) is 5.32 Å². The van der Waals surface area contributed by atoms with Crippen molar-refractivity contribution in [1.82, 2.24) is 4.90 Å². The molecule has 3 amide bonds. The predicted molar refractivity (Wildman–Crippen MR) is 74.5 cm³/mol. The maximum Gasteiger partial charge on any atom is 0.244 e. The van der Waals surface area contributed by atoms with E-state index in [1.807, 2.05) is 0 Å². The van der Waals surface area contributed by atoms with Crippen molar-refractivity contribution in [3.63, 3.8) is 0 Å². The molecular weight excluding hydrogens is 277 g/mol. The van der Waals surface area contributed by atoms with E-state index in [0.29, 0.717) is 0 Å². The first-order chi connectivity index (χ1) is 9.81. The molecule has 2 atom stereocenters. The van der Waals surface area contributed by atoms with E-state index in [1.54, 1.807) is 13.8 Å². The number of carbonyl (C=O) groups is 3. The molecule has 0 radical (unpaired) electrons. The molecule has 112 valence electrons. The lowest BCUT2D eigenvalue weighted by atomic mass is 10.00. The van der Waals surface area contributed by atoms with Gasteiger partial charge >= 0.3 is 0 Å². The number of rotatable bonds is 3. The van der Waals surface area contributed by atoms with Crippen LogP contribution in [0.5, 0.6) is 0 Å². The molecule has 1 aliphatic rings. The van der Waals surface area contributed by atoms with Crippen LogP contribution in [-0.4, -0.2) is 29.2 Å². The topological polar surface area (TPSA) is 92.5 Å². The number of anilines is 2. The quantitative estimate of drug-likeness (QED) is 0.642. The van der Waals surface area contributed by atoms with Gasteiger partial charge in [0.2, 0.25) is 17.7 Å². The zero-order valence-electron chi connectivity index (χ0n) is 11.7. The van der Waals surface area contributed by atoms with Crippen molar-refractivity contribution < 1.29 is 18.8 Å². The van der Waals surface area contributed by atoms with Crippen LogP contribution >= 0.6 is 0 Å². The maximum atomic E-state index is 13.1. The highest BCUT2D eigenvalue weighted by atomic mass is 19.1. The number of hydrogen-bond acceptors (Lipinski definition) is 4. The number of benzene rings is 1. The van der Waals surface area contributed by atoms with Gasteiger partial charge in [-0.25, -0.2) is 4.39 Å². The van der Waals surface area contributed by atoms with Gasteiger partial charge in [-0.3, -0.25) is 19.3 Å². The standard InChI is InChI=1S/C14H16FN3O3/c1-7-8(2)14(21)18(13(7)20)6-12(19)17-11-5-9(15)3-4-10(11)16/h3-5,7-8H,6,16H2,1-2H3,(H,17,19). The van der Waals surface area contributed by atoms with Crippen LogP contribution in [0.1, 0.15) is 13.8 Å². The van der Waals surface area contributed by atoms with Crippen LogP contribution in [0.15, 0.2) is 18.2 Å². The summed E-state index contributed by atoms with van der Waals surface area (Å²) in [5.74, 6) is -2.79. The molecule has 1 aromatic rings. The molecule has 0 aromatic heterocycles. The van der Waals surface area contributed by atoms with Crippen molar-refractivity contribution in [2.75, 3.05) is 17.6 Å². The number of nitrogen functional groups attached to an aromatic ring is 1. The molecule has 0 spiro atoms. The van der Waals surface area contributed by atoms with E-state index < -0.39 is 30.1 Å². The van der Waals surface area contributed by atoms with Crippen molar-refractivity contribution in [3.05, 3.63) is 24.0 Å². The van der Waals surface area contributed by atoms with Gasteiger partial charge in [0.25, 0.3) is 0 Å². The SMILES string of the molecule is CC1C(=O)N(CC(=O)Nc2cc(F)ccc2N)C(=O)C1C. The summed E-state index contributed by atoms with van der Waals surface area (Å²) >= 11 is 0. The Morgan fingerprint density at radius 2 is 1.86 bits per heavy atom. The average molecular weight is 293 g/mol. The molecule has 1 aromatic carbocycles. The second-order valence-corrected chi connectivity index (χ2v) is 5.12. The van der Waals surface area contributed by atoms with Crippen molar-refractivity contribution >= 4 is 29.1 Å². The Balaban J connectivity index is 2.07. The zero-order valence-corrected chi connectivity index (χ0v) is 11.7. The number of nitrogens with zero attached hydrogens (tertiary/aromatic N) is 1. The molecule has 3 N–H and O–H groups in total. The lowest BCUT2D eigenvalue weighted by Gasteiger charge is -2.15. The normalized spacial score (nSPS) is 21.8. The van der Waals surface area contributed by atoms with E-state index in [4.69, 9.17) is 5.73 Å². The van der Waals surface area contributed by atoms with Gasteiger partial charge in [-0.15, -0.1) is 0 Å². The summed E-state index contributed by atoms with van der Waals surface area (Å²) in [4.78, 5) is 36.6. The van der Waals surface area contributed by atoms with Crippen molar-refractivity contribution in [3.8, 4) is 0 Å². The highest BCUT2D eigenvalue weighted by Gasteiger charge is 2.42. The Hall–Kier alpha value is -2.44. The third-order valence-electron chi connectivity index (χ3n) is 3.65. The largest absolute Gasteiger partial charge is 0.397 e. The van der Waals surface area contributed by atoms with Gasteiger partial charge in [0.15, 0.2) is 0 Å². The molecule has 7 heteroatoms. The van der Waals surface area contributed by atoms with Crippen LogP contribution in [0, 0.1) is 17.7 Å². The Kier molecular flexibility index (Phi) is 3.93. The number of likely N-dealkylation sites (tertiary alicyclic amines) is 1. The minimum Gasteiger partial charge on any atom is -0.397 e. The number of halogens is 1. The fourth-order valence-electron chi connectivity index (χ4n) is 2.15. The summed E-state index contributed by atoms with van der Waals surface area (Å²) in [6, 6.07) is 3.56. The molecule has 2 unspecified atom stereocenters. The summed E-state index contributed by atoms with van der Waals surface area (Å²) in [6.45, 7) is 2.89. The highest BCUT2D eigenvalue weighted by Crippen LogP contribution is 2.25. The Morgan fingerprint density at radius 3 is 2.43 bits per heavy atom. The molecule has 1 saturated heterocycles. The van der Waals surface area contributed by atoms with Crippen molar-refractivity contribution in [2.24, 2.45) is 11.8 Å². The van der Waals surface area contributed by atoms with E-state index in [1.165, 1.54) is 12.1 Å². The molecular formula is C14H16FN3O3. The number of nitrogens with one attached hydrogen (secondary N) is 1. The molecule has 1 fully saturated rings. The predicted octanol–water partition coefficient (Wildman–Crippen LogP) is 0.987. The second-order valence-electron chi connectivity index (χ2n) is 5.12. The fourth-order valence-corrected chi connectivity index (χ4v) is 2.15. The van der Waals surface area contributed by atoms with E-state index >= 15 is 0 Å². The zero-order chi connectivity index (χ0) is 15.7. The lowest BCUT2D eigenvalue weighted by Crippen LogP contribution is -2.38. The van der Waals surface area contributed by atoms with Crippen LogP contribution in [-0.2, 0) is 14.4 Å². The molecule has 1 heterocycles. The average Bonchev–Trinajstić information content (AvgIpc) is 2.61. The van der Waals surface area contributed by atoms with Crippen molar-refractivity contribution in [2.45, 2.75) is 13.8 Å². The van der Waals surface area contributed by atoms with E-state index in [9.17, 15) is 18.8 Å². The van der Waals surface area contributed by atoms with Gasteiger partial charge in [0, 0.05) is 11.8 Å². The van der Waals surface area contributed by atoms with Crippen LogP contribution in [0.2, 0.25) is 0 Å². The number of nitrogens with two attached hydrogens (primary N) is 1. The fraction of sp³-hybridized carbons (Fsp3) is 0.357. The number of carbonyl (C=O) groups excluding carboxylic acids is 3. The van der Waals surface area contributed by atoms with Gasteiger partial charge in [0.05, 0.1) is 11.4 Å². The Labute approximate surface area is 121 Å². The minimum atomic E-state index is -0.602. The molecule has 2 rings (SSSR count). The molecule has 21 heavy (non-hydrogen) atoms. The van der Waals surface area contributed by atoms with Gasteiger partial charge in [0.1, 0.15) is 12.4 Å². The lowest BCUT2D eigenvalue weighted by molar-refractivity contribution is -0.142. The number of amides is 3. The highest BCUT2D eigenvalue weighted by molar-refractivity contribution is 6.08. The van der Waals surface area contributed by atoms with Gasteiger partial charge in [-0.1, -0.05) is 13.8 Å². The molecule has 0 bridgehead atoms. The monoisotopic (exact) mass is 293 g/mol. The van der Waals surface area contributed by atoms with Gasteiger partial charge in [-0.2, -0.15) is 0 Å². The van der Waals surface area contributed by atoms with Crippen LogP contribution in [0.25, 0.3) is 0 Å². The second kappa shape index (κ2) is 5.51. The molecule has 0 aliphatic carbocycles. The number of imide groups is 1. The maximum absolute atomic E-state index is 13.1. The van der Waals surface area contributed by atoms with Crippen LogP contribution in [0.3, 0.4) is 0 Å². The van der Waals surface area contributed by atoms with E-state index in [0.717, 1.165) is 11.0 Å². The Morgan fingerprint density at radius 1 is 1.29 bits per heavy atom. The summed E-state index contributed by atoms with van der Waals surface area (Å²) < 4.78 is 13.1. The van der Waals surface area contributed by atoms with Crippen molar-refractivity contribution in [1.29, 1.82) is 0 Å². The van der Waals surface area contributed by atoms with Gasteiger partial charge in [-0.05, 0) is 18.2 Å². The first kappa shape index (κ1) is 15.0. The first-order valence-corrected chi connectivity index (χ1v) is 6.51. The summed E-state index contributed by atoms with van der Waals surface area (Å²) in [5, 5.41) is 2.40. The summed E-state index contributed by atoms with van der Waals surface area (Å²) in [5.41, 5.74) is 5.93. The van der Waals surface area contributed by atoms with Crippen LogP contribution in [0.4, 0.5) is 15.8 Å². The first-order valence-electron chi connectivity index (χ1n) is 6.51. The van der Waals surface area contributed by atoms with Gasteiger partial charge < -0.3 is 11.1 Å². The smallest absolute Gasteiger partial charge is 0.244 e. The minimum absolute atomic E-state index is 0.111.